The van der Waals surface area contributed by atoms with E-state index >= 15 is 4.39 Å². The van der Waals surface area contributed by atoms with Gasteiger partial charge in [0.2, 0.25) is 0 Å². The topological polar surface area (TPSA) is 81.6 Å². The number of hydrogen-bond acceptors (Lipinski definition) is 7. The number of carbonyl (C=O) groups excluding carboxylic acids is 2. The van der Waals surface area contributed by atoms with Crippen molar-refractivity contribution in [1.82, 2.24) is 19.5 Å². The molecule has 47 heavy (non-hydrogen) atoms. The summed E-state index contributed by atoms with van der Waals surface area (Å²) in [4.78, 5) is 30.1. The van der Waals surface area contributed by atoms with Gasteiger partial charge >= 0.3 is 265 Å². The predicted octanol–water partition coefficient (Wildman–Crippen LogP) is 3.92. The van der Waals surface area contributed by atoms with Crippen LogP contribution >= 0.6 is 11.8 Å². The Bertz CT molecular complexity index is 1730. The summed E-state index contributed by atoms with van der Waals surface area (Å²) in [6.45, 7) is 2.63. The van der Waals surface area contributed by atoms with E-state index in [1.165, 1.54) is 30.4 Å². The summed E-state index contributed by atoms with van der Waals surface area (Å²) < 4.78 is 65.9. The summed E-state index contributed by atoms with van der Waals surface area (Å²) in [5.41, 5.74) is -3.17. The SMILES string of the molecule is COc1ccc2cc1NCC#Cc1cn3c(cccc3c1SC(F)(F)F)[N]([Sb])C1CCN(CC1F)C(=O)C1CCN(CCNC2=O)C1. The molecule has 1 aromatic carbocycles. The van der Waals surface area contributed by atoms with E-state index in [9.17, 15) is 22.8 Å². The van der Waals surface area contributed by atoms with E-state index in [4.69, 9.17) is 4.74 Å². The molecule has 6 heterocycles. The van der Waals surface area contributed by atoms with Gasteiger partial charge in [-0.1, -0.05) is 0 Å². The first-order valence-electron chi connectivity index (χ1n) is 15.2. The van der Waals surface area contributed by atoms with Crippen molar-refractivity contribution >= 4 is 63.9 Å². The summed E-state index contributed by atoms with van der Waals surface area (Å²) in [6.07, 6.45) is 1.26. The van der Waals surface area contributed by atoms with Crippen LogP contribution < -0.4 is 18.4 Å². The molecule has 7 rings (SSSR count). The molecule has 2 saturated heterocycles. The fourth-order valence-electron chi connectivity index (χ4n) is 6.38. The fraction of sp³-hybridized carbons (Fsp3) is 0.438. The molecule has 2 radical (unpaired) electrons. The molecular weight excluding hydrogens is 746 g/mol. The average Bonchev–Trinajstić information content (AvgIpc) is 3.65. The van der Waals surface area contributed by atoms with Crippen molar-refractivity contribution in [2.24, 2.45) is 5.92 Å². The molecule has 4 aliphatic heterocycles. The molecule has 4 unspecified atom stereocenters. The Kier molecular flexibility index (Phi) is 10.1. The standard InChI is InChI=1S/C32H33F4N6O3S.Sb/c1-45-27-8-7-20-16-25(27)37-11-3-4-21-18-42-26(29(21)46-32(34,35)36)5-2-6-28(42)39-24-10-14-41(19-23(24)33)31(44)22-9-13-40(17-22)15-12-38-30(20)43;/h2,5-8,16,18,22-24,37H,9-15,17,19H2,1H3,(H,38,43);/q-1;+1. The number of amides is 2. The van der Waals surface area contributed by atoms with E-state index in [1.54, 1.807) is 55.0 Å². The van der Waals surface area contributed by atoms with Crippen LogP contribution in [0.1, 0.15) is 28.8 Å². The molecule has 0 aliphatic carbocycles. The maximum atomic E-state index is 15.8. The first-order chi connectivity index (χ1) is 22.5. The van der Waals surface area contributed by atoms with Gasteiger partial charge in [-0.3, -0.25) is 4.79 Å². The number of aromatic nitrogens is 1. The van der Waals surface area contributed by atoms with Gasteiger partial charge in [-0.25, -0.2) is 0 Å². The number of thioether (sulfide) groups is 1. The average molecular weight is 779 g/mol. The maximum absolute atomic E-state index is 15.8. The zero-order chi connectivity index (χ0) is 33.3. The molecule has 0 saturated carbocycles. The van der Waals surface area contributed by atoms with E-state index in [2.05, 4.69) is 27.4 Å². The van der Waals surface area contributed by atoms with Crippen LogP contribution in [0.4, 0.5) is 29.1 Å². The van der Waals surface area contributed by atoms with Crippen LogP contribution in [-0.4, -0.2) is 120 Å². The minimum atomic E-state index is -4.56. The number of methoxy groups -OCH3 is 1. The van der Waals surface area contributed by atoms with Crippen LogP contribution in [-0.2, 0) is 4.79 Å². The summed E-state index contributed by atoms with van der Waals surface area (Å²) in [6, 6.07) is 9.39. The number of benzene rings is 1. The van der Waals surface area contributed by atoms with Crippen LogP contribution in [0.3, 0.4) is 0 Å². The number of alkyl halides is 4. The molecule has 0 spiro atoms. The van der Waals surface area contributed by atoms with Gasteiger partial charge in [0.1, 0.15) is 0 Å². The summed E-state index contributed by atoms with van der Waals surface area (Å²) in [5, 5.41) is 6.04. The minimum absolute atomic E-state index is 0.0428. The number of anilines is 2. The van der Waals surface area contributed by atoms with Gasteiger partial charge in [0.05, 0.1) is 7.11 Å². The Hall–Kier alpha value is -3.27. The Labute approximate surface area is 288 Å². The monoisotopic (exact) mass is 778 g/mol. The number of carbonyl (C=O) groups is 2. The molecule has 3 aromatic rings. The summed E-state index contributed by atoms with van der Waals surface area (Å²) in [7, 11) is 1.50. The van der Waals surface area contributed by atoms with Crippen molar-refractivity contribution in [2.75, 3.05) is 61.3 Å². The Balaban J connectivity index is 1.36. The molecule has 15 heteroatoms. The number of nitrogens with zero attached hydrogens (tertiary/aromatic N) is 4. The zero-order valence-electron chi connectivity index (χ0n) is 25.5. The number of fused-ring (bicyclic) bond motifs is 7. The quantitative estimate of drug-likeness (QED) is 0.177. The second-order valence-corrected chi connectivity index (χ2v) is 14.0. The van der Waals surface area contributed by atoms with Gasteiger partial charge in [-0.2, -0.15) is 0 Å². The molecule has 248 valence electrons. The van der Waals surface area contributed by atoms with Gasteiger partial charge < -0.3 is 0 Å². The van der Waals surface area contributed by atoms with Crippen LogP contribution in [0, 0.1) is 17.8 Å². The molecule has 9 nitrogen and oxygen atoms in total. The van der Waals surface area contributed by atoms with Crippen molar-refractivity contribution in [2.45, 2.75) is 35.5 Å². The number of halogens is 4. The molecule has 4 atom stereocenters. The van der Waals surface area contributed by atoms with Crippen LogP contribution in [0.25, 0.3) is 5.52 Å². The summed E-state index contributed by atoms with van der Waals surface area (Å²) >= 11 is 1.02. The van der Waals surface area contributed by atoms with Crippen molar-refractivity contribution in [3.05, 3.63) is 53.7 Å². The van der Waals surface area contributed by atoms with Crippen LogP contribution in [0.5, 0.6) is 5.75 Å². The predicted molar refractivity (Wildman–Crippen MR) is 173 cm³/mol. The molecule has 8 bridgehead atoms. The molecular formula is C32H33F4N6O3SSb. The van der Waals surface area contributed by atoms with E-state index in [0.717, 1.165) is 0 Å². The van der Waals surface area contributed by atoms with Crippen molar-refractivity contribution in [3.8, 4) is 17.6 Å². The van der Waals surface area contributed by atoms with Gasteiger partial charge in [0.25, 0.3) is 5.91 Å². The molecule has 2 N–H and O–H groups in total. The van der Waals surface area contributed by atoms with E-state index in [1.807, 2.05) is 0 Å². The van der Waals surface area contributed by atoms with Crippen molar-refractivity contribution < 1.29 is 31.9 Å². The molecule has 4 aliphatic rings. The van der Waals surface area contributed by atoms with Gasteiger partial charge in [0.15, 0.2) is 0 Å². The number of rotatable bonds is 2. The fourth-order valence-corrected chi connectivity index (χ4v) is 8.31. The number of nitrogens with one attached hydrogen (secondary N) is 2. The third-order valence-electron chi connectivity index (χ3n) is 8.71. The van der Waals surface area contributed by atoms with E-state index in [-0.39, 0.29) is 53.0 Å². The van der Waals surface area contributed by atoms with Crippen molar-refractivity contribution in [3.63, 3.8) is 0 Å². The van der Waals surface area contributed by atoms with Gasteiger partial charge in [0, 0.05) is 0 Å². The third kappa shape index (κ3) is 7.42. The number of ether oxygens (including phenoxy) is 1. The summed E-state index contributed by atoms with van der Waals surface area (Å²) in [5.74, 6) is 6.23. The first kappa shape index (κ1) is 33.6. The van der Waals surface area contributed by atoms with Crippen LogP contribution in [0.15, 0.2) is 47.5 Å². The second kappa shape index (κ2) is 14.1. The molecule has 2 amide bonds. The molecule has 2 fully saturated rings. The number of hydrogen-bond donors (Lipinski definition) is 2. The molecule has 2 aromatic heterocycles. The third-order valence-corrected chi connectivity index (χ3v) is 11.0. The van der Waals surface area contributed by atoms with Gasteiger partial charge in [-0.15, -0.1) is 0 Å². The Morgan fingerprint density at radius 2 is 1.89 bits per heavy atom. The van der Waals surface area contributed by atoms with Crippen LogP contribution in [0.2, 0.25) is 0 Å². The number of pyridine rings is 1. The van der Waals surface area contributed by atoms with Gasteiger partial charge in [-0.05, 0) is 6.07 Å². The number of piperidine rings is 1. The first-order valence-corrected chi connectivity index (χ1v) is 17.2. The van der Waals surface area contributed by atoms with E-state index in [0.29, 0.717) is 73.9 Å². The Morgan fingerprint density at radius 3 is 2.66 bits per heavy atom. The van der Waals surface area contributed by atoms with Crippen molar-refractivity contribution in [1.29, 1.82) is 0 Å². The second-order valence-electron chi connectivity index (χ2n) is 11.7. The normalized spacial score (nSPS) is 24.0. The zero-order valence-corrected chi connectivity index (χ0v) is 28.9. The van der Waals surface area contributed by atoms with E-state index < -0.39 is 17.7 Å². The Morgan fingerprint density at radius 1 is 1.06 bits per heavy atom.